The third-order valence-corrected chi connectivity index (χ3v) is 5.92. The number of hydrogen-bond donors (Lipinski definition) is 2. The van der Waals surface area contributed by atoms with Crippen molar-refractivity contribution in [3.8, 4) is 11.5 Å². The fraction of sp³-hybridized carbons (Fsp3) is 0.227. The lowest BCUT2D eigenvalue weighted by Gasteiger charge is -2.34. The number of hydrogen-bond acceptors (Lipinski definition) is 7. The summed E-state index contributed by atoms with van der Waals surface area (Å²) in [5.41, 5.74) is 4.01. The number of nitrogens with zero attached hydrogens (tertiary/aromatic N) is 1. The zero-order chi connectivity index (χ0) is 22.0. The Hall–Kier alpha value is -3.30. The van der Waals surface area contributed by atoms with Crippen molar-refractivity contribution in [3.63, 3.8) is 0 Å². The van der Waals surface area contributed by atoms with Crippen LogP contribution in [0.1, 0.15) is 18.1 Å². The molecule has 0 aliphatic carbocycles. The number of ether oxygens (including phenoxy) is 2. The second-order valence-corrected chi connectivity index (χ2v) is 8.13. The maximum Gasteiger partial charge on any atom is 0.308 e. The highest BCUT2D eigenvalue weighted by Crippen LogP contribution is 2.39. The van der Waals surface area contributed by atoms with E-state index in [1.54, 1.807) is 24.3 Å². The van der Waals surface area contributed by atoms with Crippen LogP contribution in [0, 0.1) is 0 Å². The molecule has 31 heavy (non-hydrogen) atoms. The quantitative estimate of drug-likeness (QED) is 0.418. The number of carbonyl (C=O) groups is 3. The molecule has 2 aliphatic rings. The largest absolute Gasteiger partial charge is 0.493 e. The molecule has 2 N–H and O–H groups in total. The molecule has 2 fully saturated rings. The van der Waals surface area contributed by atoms with Gasteiger partial charge in [0.1, 0.15) is 6.04 Å². The van der Waals surface area contributed by atoms with Gasteiger partial charge in [-0.15, -0.1) is 0 Å². The molecular formula is C22H21N3O5S. The normalized spacial score (nSPS) is 21.6. The van der Waals surface area contributed by atoms with Gasteiger partial charge in [-0.25, -0.2) is 10.4 Å². The Morgan fingerprint density at radius 1 is 1.16 bits per heavy atom. The first-order valence-corrected chi connectivity index (χ1v) is 10.5. The van der Waals surface area contributed by atoms with E-state index in [1.807, 2.05) is 30.3 Å². The predicted octanol–water partition coefficient (Wildman–Crippen LogP) is 2.07. The average molecular weight is 439 g/mol. The lowest BCUT2D eigenvalue weighted by atomic mass is 10.1. The van der Waals surface area contributed by atoms with Gasteiger partial charge in [0.25, 0.3) is 5.91 Å². The van der Waals surface area contributed by atoms with Crippen molar-refractivity contribution in [1.82, 2.24) is 15.8 Å². The number of hydrazine groups is 1. The molecule has 2 unspecified atom stereocenters. The van der Waals surface area contributed by atoms with E-state index in [-0.39, 0.29) is 17.6 Å². The molecule has 2 saturated heterocycles. The maximum absolute atomic E-state index is 13.0. The Morgan fingerprint density at radius 3 is 2.65 bits per heavy atom. The number of esters is 1. The molecule has 8 nitrogen and oxygen atoms in total. The Morgan fingerprint density at radius 2 is 1.94 bits per heavy atom. The number of nitrogens with one attached hydrogen (secondary N) is 2. The summed E-state index contributed by atoms with van der Waals surface area (Å²) in [6.07, 6.45) is 2.09. The van der Waals surface area contributed by atoms with E-state index >= 15 is 0 Å². The van der Waals surface area contributed by atoms with Crippen molar-refractivity contribution >= 4 is 35.6 Å². The van der Waals surface area contributed by atoms with E-state index in [1.165, 1.54) is 30.8 Å². The number of fused-ring (bicyclic) bond motifs is 1. The van der Waals surface area contributed by atoms with Gasteiger partial charge in [0.05, 0.1) is 12.0 Å². The minimum atomic E-state index is -0.559. The molecule has 0 bridgehead atoms. The summed E-state index contributed by atoms with van der Waals surface area (Å²) in [6.45, 7) is 1.30. The SMILES string of the molecule is COc1cccc(/C=C2\SC3NC(=O)C(Cc4ccccc4)NN3C2=O)c1OC(C)=O. The van der Waals surface area contributed by atoms with E-state index < -0.39 is 17.5 Å². The highest BCUT2D eigenvalue weighted by atomic mass is 32.2. The number of methoxy groups -OCH3 is 1. The third-order valence-electron chi connectivity index (χ3n) is 4.82. The van der Waals surface area contributed by atoms with Gasteiger partial charge in [-0.3, -0.25) is 14.4 Å². The molecule has 2 aliphatic heterocycles. The van der Waals surface area contributed by atoms with Crippen LogP contribution in [0.2, 0.25) is 0 Å². The number of carbonyl (C=O) groups excluding carboxylic acids is 3. The summed E-state index contributed by atoms with van der Waals surface area (Å²) in [7, 11) is 1.47. The predicted molar refractivity (Wildman–Crippen MR) is 116 cm³/mol. The molecule has 0 radical (unpaired) electrons. The molecule has 4 rings (SSSR count). The fourth-order valence-corrected chi connectivity index (χ4v) is 4.47. The van der Waals surface area contributed by atoms with Gasteiger partial charge in [0.2, 0.25) is 5.91 Å². The molecule has 0 aromatic heterocycles. The van der Waals surface area contributed by atoms with Gasteiger partial charge >= 0.3 is 5.97 Å². The van der Waals surface area contributed by atoms with Gasteiger partial charge in [0, 0.05) is 12.5 Å². The van der Waals surface area contributed by atoms with E-state index in [4.69, 9.17) is 9.47 Å². The molecule has 160 valence electrons. The van der Waals surface area contributed by atoms with E-state index in [0.29, 0.717) is 22.6 Å². The second kappa shape index (κ2) is 8.83. The minimum Gasteiger partial charge on any atom is -0.493 e. The zero-order valence-electron chi connectivity index (χ0n) is 17.0. The third kappa shape index (κ3) is 4.42. The van der Waals surface area contributed by atoms with Crippen molar-refractivity contribution in [2.45, 2.75) is 24.9 Å². The van der Waals surface area contributed by atoms with Crippen LogP contribution >= 0.6 is 11.8 Å². The van der Waals surface area contributed by atoms with Crippen LogP contribution in [0.15, 0.2) is 53.4 Å². The maximum atomic E-state index is 13.0. The summed E-state index contributed by atoms with van der Waals surface area (Å²) in [4.78, 5) is 37.5. The van der Waals surface area contributed by atoms with Crippen molar-refractivity contribution in [3.05, 3.63) is 64.6 Å². The smallest absolute Gasteiger partial charge is 0.308 e. The van der Waals surface area contributed by atoms with Crippen molar-refractivity contribution in [2.24, 2.45) is 0 Å². The topological polar surface area (TPSA) is 97.0 Å². The summed E-state index contributed by atoms with van der Waals surface area (Å²) in [6, 6.07) is 14.2. The molecule has 0 saturated carbocycles. The van der Waals surface area contributed by atoms with Crippen molar-refractivity contribution < 1.29 is 23.9 Å². The van der Waals surface area contributed by atoms with Gasteiger partial charge < -0.3 is 14.8 Å². The fourth-order valence-electron chi connectivity index (χ4n) is 3.40. The molecule has 2 aromatic rings. The van der Waals surface area contributed by atoms with Crippen molar-refractivity contribution in [1.29, 1.82) is 0 Å². The van der Waals surface area contributed by atoms with Crippen LogP contribution in [0.3, 0.4) is 0 Å². The Bertz CT molecular complexity index is 1060. The molecular weight excluding hydrogens is 418 g/mol. The molecule has 2 atom stereocenters. The van der Waals surface area contributed by atoms with E-state index in [9.17, 15) is 14.4 Å². The number of rotatable bonds is 5. The first kappa shape index (κ1) is 21.0. The van der Waals surface area contributed by atoms with Crippen molar-refractivity contribution in [2.75, 3.05) is 7.11 Å². The van der Waals surface area contributed by atoms with Gasteiger partial charge in [-0.1, -0.05) is 54.2 Å². The van der Waals surface area contributed by atoms with E-state index in [2.05, 4.69) is 10.7 Å². The first-order chi connectivity index (χ1) is 15.0. The Labute approximate surface area is 183 Å². The number of amides is 2. The van der Waals surface area contributed by atoms with E-state index in [0.717, 1.165) is 5.56 Å². The van der Waals surface area contributed by atoms with Crippen LogP contribution in [-0.2, 0) is 20.8 Å². The van der Waals surface area contributed by atoms with Crippen LogP contribution in [0.25, 0.3) is 6.08 Å². The number of benzene rings is 2. The van der Waals surface area contributed by atoms with Gasteiger partial charge in [0.15, 0.2) is 17.0 Å². The molecule has 2 aromatic carbocycles. The molecule has 0 spiro atoms. The minimum absolute atomic E-state index is 0.173. The van der Waals surface area contributed by atoms with Gasteiger partial charge in [-0.2, -0.15) is 0 Å². The van der Waals surface area contributed by atoms with Gasteiger partial charge in [-0.05, 0) is 24.1 Å². The molecule has 2 amide bonds. The molecule has 2 heterocycles. The zero-order valence-corrected chi connectivity index (χ0v) is 17.8. The molecule has 9 heteroatoms. The lowest BCUT2D eigenvalue weighted by molar-refractivity contribution is -0.140. The standard InChI is InChI=1S/C22H21N3O5S/c1-13(26)30-19-15(9-6-10-17(19)29-2)12-18-21(28)25-22(31-18)23-20(27)16(24-25)11-14-7-4-3-5-8-14/h3-10,12,16,22,24H,11H2,1-2H3,(H,23,27)/b18-12-. The number of thioether (sulfide) groups is 1. The summed E-state index contributed by atoms with van der Waals surface area (Å²) < 4.78 is 10.6. The summed E-state index contributed by atoms with van der Waals surface area (Å²) >= 11 is 1.21. The summed E-state index contributed by atoms with van der Waals surface area (Å²) in [5.74, 6) is -0.322. The lowest BCUT2D eigenvalue weighted by Crippen LogP contribution is -2.65. The van der Waals surface area contributed by atoms with Crippen LogP contribution in [0.5, 0.6) is 11.5 Å². The Kier molecular flexibility index (Phi) is 5.97. The van der Waals surface area contributed by atoms with Crippen LogP contribution < -0.4 is 20.2 Å². The first-order valence-electron chi connectivity index (χ1n) is 9.64. The van der Waals surface area contributed by atoms with Crippen LogP contribution in [-0.4, -0.2) is 41.4 Å². The summed E-state index contributed by atoms with van der Waals surface area (Å²) in [5, 5.41) is 4.31. The second-order valence-electron chi connectivity index (χ2n) is 7.01. The Balaban J connectivity index is 1.57. The van der Waals surface area contributed by atoms with Crippen LogP contribution in [0.4, 0.5) is 0 Å². The highest BCUT2D eigenvalue weighted by Gasteiger charge is 2.43. The monoisotopic (exact) mass is 439 g/mol. The number of para-hydroxylation sites is 1. The average Bonchev–Trinajstić information content (AvgIpc) is 3.04. The highest BCUT2D eigenvalue weighted by molar-refractivity contribution is 8.05.